The van der Waals surface area contributed by atoms with Gasteiger partial charge in [0.15, 0.2) is 5.92 Å². The fourth-order valence-corrected chi connectivity index (χ4v) is 2.67. The minimum atomic E-state index is -0.998. The zero-order valence-electron chi connectivity index (χ0n) is 13.6. The van der Waals surface area contributed by atoms with Gasteiger partial charge in [-0.05, 0) is 31.1 Å². The molecule has 1 aromatic rings. The molecule has 2 rings (SSSR count). The molecule has 0 amide bonds. The molecule has 0 fully saturated rings. The number of methoxy groups -OCH3 is 2. The van der Waals surface area contributed by atoms with Crippen LogP contribution >= 0.6 is 0 Å². The van der Waals surface area contributed by atoms with Crippen LogP contribution < -0.4 is 0 Å². The van der Waals surface area contributed by atoms with Crippen LogP contribution in [0.4, 0.5) is 0 Å². The number of hydrogen-bond donors (Lipinski definition) is 0. The Morgan fingerprint density at radius 3 is 2.08 bits per heavy atom. The lowest BCUT2D eigenvalue weighted by Crippen LogP contribution is -2.35. The van der Waals surface area contributed by atoms with E-state index in [1.807, 2.05) is 6.07 Å². The van der Waals surface area contributed by atoms with Crippen LogP contribution in [0.3, 0.4) is 0 Å². The summed E-state index contributed by atoms with van der Waals surface area (Å²) in [7, 11) is 2.46. The molecule has 0 aliphatic heterocycles. The first-order chi connectivity index (χ1) is 11.6. The highest BCUT2D eigenvalue weighted by Gasteiger charge is 2.37. The highest BCUT2D eigenvalue weighted by molar-refractivity contribution is 5.95. The lowest BCUT2D eigenvalue weighted by molar-refractivity contribution is -0.161. The summed E-state index contributed by atoms with van der Waals surface area (Å²) in [5, 5.41) is 0. The van der Waals surface area contributed by atoms with Crippen LogP contribution in [0.15, 0.2) is 42.5 Å². The van der Waals surface area contributed by atoms with E-state index >= 15 is 0 Å². The SMILES string of the molecule is COC(=O)C(C(=O)OC)[C@@H]1C=C[C@H](OC(=O)c2ccccc2)CC1. The van der Waals surface area contributed by atoms with E-state index in [1.165, 1.54) is 14.2 Å². The Morgan fingerprint density at radius 1 is 0.958 bits per heavy atom. The number of allylic oxidation sites excluding steroid dienone is 1. The maximum atomic E-state index is 12.0. The molecule has 6 heteroatoms. The van der Waals surface area contributed by atoms with Crippen LogP contribution in [-0.4, -0.2) is 38.2 Å². The van der Waals surface area contributed by atoms with Gasteiger partial charge in [-0.25, -0.2) is 4.79 Å². The van der Waals surface area contributed by atoms with Gasteiger partial charge in [0.05, 0.1) is 19.8 Å². The van der Waals surface area contributed by atoms with Crippen molar-refractivity contribution in [3.63, 3.8) is 0 Å². The van der Waals surface area contributed by atoms with E-state index < -0.39 is 23.8 Å². The third-order valence-corrected chi connectivity index (χ3v) is 3.96. The normalized spacial score (nSPS) is 19.6. The molecular formula is C18H20O6. The molecule has 0 unspecified atom stereocenters. The summed E-state index contributed by atoms with van der Waals surface area (Å²) in [6, 6.07) is 8.72. The number of carbonyl (C=O) groups is 3. The summed E-state index contributed by atoms with van der Waals surface area (Å²) in [6.07, 6.45) is 4.06. The lowest BCUT2D eigenvalue weighted by Gasteiger charge is -2.26. The fourth-order valence-electron chi connectivity index (χ4n) is 2.67. The molecular weight excluding hydrogens is 312 g/mol. The molecule has 0 radical (unpaired) electrons. The van der Waals surface area contributed by atoms with Crippen molar-refractivity contribution in [3.05, 3.63) is 48.0 Å². The standard InChI is InChI=1S/C18H20O6/c1-22-17(20)15(18(21)23-2)12-8-10-14(11-9-12)24-16(19)13-6-4-3-5-7-13/h3-8,10,12,14-15H,9,11H2,1-2H3/t12-,14+/m1/s1. The Bertz CT molecular complexity index is 606. The predicted octanol–water partition coefficient (Wildman–Crippen LogP) is 2.14. The van der Waals surface area contributed by atoms with Crippen molar-refractivity contribution in [1.29, 1.82) is 0 Å². The van der Waals surface area contributed by atoms with Crippen molar-refractivity contribution in [2.75, 3.05) is 14.2 Å². The zero-order valence-corrected chi connectivity index (χ0v) is 13.6. The molecule has 6 nitrogen and oxygen atoms in total. The van der Waals surface area contributed by atoms with Gasteiger partial charge in [-0.3, -0.25) is 9.59 Å². The van der Waals surface area contributed by atoms with Gasteiger partial charge in [0.25, 0.3) is 0 Å². The van der Waals surface area contributed by atoms with Gasteiger partial charge in [-0.1, -0.05) is 24.3 Å². The first kappa shape index (κ1) is 17.7. The third-order valence-electron chi connectivity index (χ3n) is 3.96. The first-order valence-electron chi connectivity index (χ1n) is 7.66. The molecule has 0 N–H and O–H groups in total. The van der Waals surface area contributed by atoms with Gasteiger partial charge in [0, 0.05) is 5.92 Å². The summed E-state index contributed by atoms with van der Waals surface area (Å²) in [5.41, 5.74) is 0.482. The van der Waals surface area contributed by atoms with Crippen molar-refractivity contribution >= 4 is 17.9 Å². The molecule has 1 aliphatic carbocycles. The van der Waals surface area contributed by atoms with Crippen molar-refractivity contribution < 1.29 is 28.6 Å². The van der Waals surface area contributed by atoms with Gasteiger partial charge in [0.1, 0.15) is 6.10 Å². The minimum Gasteiger partial charge on any atom is -0.468 e. The van der Waals surface area contributed by atoms with Crippen LogP contribution in [0.5, 0.6) is 0 Å². The average molecular weight is 332 g/mol. The Morgan fingerprint density at radius 2 is 1.58 bits per heavy atom. The highest BCUT2D eigenvalue weighted by Crippen LogP contribution is 2.28. The second kappa shape index (κ2) is 8.29. The van der Waals surface area contributed by atoms with Crippen LogP contribution in [-0.2, 0) is 23.8 Å². The molecule has 24 heavy (non-hydrogen) atoms. The van der Waals surface area contributed by atoms with Crippen LogP contribution in [0, 0.1) is 11.8 Å². The van der Waals surface area contributed by atoms with Crippen LogP contribution in [0.2, 0.25) is 0 Å². The molecule has 0 aromatic heterocycles. The first-order valence-corrected chi connectivity index (χ1v) is 7.66. The Kier molecular flexibility index (Phi) is 6.12. The van der Waals surface area contributed by atoms with Crippen molar-refractivity contribution in [1.82, 2.24) is 0 Å². The fraction of sp³-hybridized carbons (Fsp3) is 0.389. The molecule has 0 heterocycles. The second-order valence-electron chi connectivity index (χ2n) is 5.46. The smallest absolute Gasteiger partial charge is 0.338 e. The summed E-state index contributed by atoms with van der Waals surface area (Å²) in [5.74, 6) is -2.99. The van der Waals surface area contributed by atoms with E-state index in [9.17, 15) is 14.4 Å². The molecule has 2 atom stereocenters. The third kappa shape index (κ3) is 4.22. The molecule has 0 saturated heterocycles. The molecule has 0 bridgehead atoms. The predicted molar refractivity (Wildman–Crippen MR) is 85.0 cm³/mol. The van der Waals surface area contributed by atoms with Crippen molar-refractivity contribution in [2.45, 2.75) is 18.9 Å². The molecule has 0 saturated carbocycles. The monoisotopic (exact) mass is 332 g/mol. The maximum Gasteiger partial charge on any atom is 0.338 e. The second-order valence-corrected chi connectivity index (χ2v) is 5.46. The quantitative estimate of drug-likeness (QED) is 0.356. The van der Waals surface area contributed by atoms with E-state index in [0.717, 1.165) is 0 Å². The Balaban J connectivity index is 2.01. The lowest BCUT2D eigenvalue weighted by atomic mass is 9.83. The summed E-state index contributed by atoms with van der Waals surface area (Å²) < 4.78 is 14.8. The van der Waals surface area contributed by atoms with E-state index in [-0.39, 0.29) is 12.0 Å². The van der Waals surface area contributed by atoms with Crippen molar-refractivity contribution in [2.24, 2.45) is 11.8 Å². The number of esters is 3. The Hall–Kier alpha value is -2.63. The van der Waals surface area contributed by atoms with Gasteiger partial charge in [-0.15, -0.1) is 0 Å². The van der Waals surface area contributed by atoms with E-state index in [0.29, 0.717) is 18.4 Å². The van der Waals surface area contributed by atoms with E-state index in [2.05, 4.69) is 9.47 Å². The molecule has 1 aromatic carbocycles. The minimum absolute atomic E-state index is 0.337. The number of carbonyl (C=O) groups excluding carboxylic acids is 3. The van der Waals surface area contributed by atoms with Crippen LogP contribution in [0.25, 0.3) is 0 Å². The molecule has 0 spiro atoms. The Labute approximate surface area is 140 Å². The van der Waals surface area contributed by atoms with E-state index in [1.54, 1.807) is 36.4 Å². The molecule has 1 aliphatic rings. The maximum absolute atomic E-state index is 12.0. The van der Waals surface area contributed by atoms with Gasteiger partial charge in [0.2, 0.25) is 0 Å². The van der Waals surface area contributed by atoms with Gasteiger partial charge in [-0.2, -0.15) is 0 Å². The number of benzene rings is 1. The van der Waals surface area contributed by atoms with Gasteiger partial charge < -0.3 is 14.2 Å². The number of rotatable bonds is 5. The molecule has 128 valence electrons. The highest BCUT2D eigenvalue weighted by atomic mass is 16.5. The van der Waals surface area contributed by atoms with Crippen molar-refractivity contribution in [3.8, 4) is 0 Å². The average Bonchev–Trinajstić information content (AvgIpc) is 2.63. The summed E-state index contributed by atoms with van der Waals surface area (Å²) in [6.45, 7) is 0. The number of hydrogen-bond acceptors (Lipinski definition) is 6. The summed E-state index contributed by atoms with van der Waals surface area (Å²) >= 11 is 0. The topological polar surface area (TPSA) is 78.9 Å². The van der Waals surface area contributed by atoms with Crippen LogP contribution in [0.1, 0.15) is 23.2 Å². The van der Waals surface area contributed by atoms with E-state index in [4.69, 9.17) is 4.74 Å². The summed E-state index contributed by atoms with van der Waals surface area (Å²) in [4.78, 5) is 35.7. The van der Waals surface area contributed by atoms with Gasteiger partial charge >= 0.3 is 17.9 Å². The largest absolute Gasteiger partial charge is 0.468 e. The number of ether oxygens (including phenoxy) is 3. The zero-order chi connectivity index (χ0) is 17.5.